The van der Waals surface area contributed by atoms with Gasteiger partial charge in [0.05, 0.1) is 16.4 Å². The second-order valence-corrected chi connectivity index (χ2v) is 4.00. The summed E-state index contributed by atoms with van der Waals surface area (Å²) in [5, 5.41) is 0.350. The minimum atomic E-state index is 0.319. The number of hydrogen-bond donors (Lipinski definition) is 0. The van der Waals surface area contributed by atoms with Crippen LogP contribution >= 0.6 is 11.6 Å². The van der Waals surface area contributed by atoms with Crippen molar-refractivity contribution >= 4 is 35.1 Å². The second-order valence-electron chi connectivity index (χ2n) is 3.59. The molecular weight excluding hydrogens is 264 g/mol. The molecule has 0 aromatic heterocycles. The van der Waals surface area contributed by atoms with Gasteiger partial charge in [-0.2, -0.15) is 9.98 Å². The standard InChI is InChI=1S/C14H7ClN2O2/c15-12-6-5-10(7-14(12)17-9-19)11-3-1-2-4-13(11)16-8-18/h1-7H. The molecule has 2 rings (SSSR count). The molecule has 0 aliphatic carbocycles. The molecule has 0 bridgehead atoms. The highest BCUT2D eigenvalue weighted by Gasteiger charge is 2.07. The summed E-state index contributed by atoms with van der Waals surface area (Å²) in [6.45, 7) is 0. The molecule has 0 saturated heterocycles. The van der Waals surface area contributed by atoms with E-state index in [0.29, 0.717) is 16.4 Å². The summed E-state index contributed by atoms with van der Waals surface area (Å²) in [5.74, 6) is 0. The van der Waals surface area contributed by atoms with Crippen molar-refractivity contribution in [1.82, 2.24) is 0 Å². The van der Waals surface area contributed by atoms with Crippen molar-refractivity contribution < 1.29 is 9.59 Å². The number of nitrogens with zero attached hydrogens (tertiary/aromatic N) is 2. The highest BCUT2D eigenvalue weighted by Crippen LogP contribution is 2.34. The van der Waals surface area contributed by atoms with Crippen molar-refractivity contribution in [2.24, 2.45) is 9.98 Å². The fourth-order valence-electron chi connectivity index (χ4n) is 1.68. The summed E-state index contributed by atoms with van der Waals surface area (Å²) in [4.78, 5) is 27.9. The van der Waals surface area contributed by atoms with Crippen LogP contribution in [0.4, 0.5) is 11.4 Å². The molecule has 0 aliphatic heterocycles. The largest absolute Gasteiger partial charge is 0.240 e. The van der Waals surface area contributed by atoms with Gasteiger partial charge < -0.3 is 0 Å². The van der Waals surface area contributed by atoms with Gasteiger partial charge in [-0.05, 0) is 23.8 Å². The molecule has 19 heavy (non-hydrogen) atoms. The van der Waals surface area contributed by atoms with Crippen molar-refractivity contribution in [3.8, 4) is 11.1 Å². The predicted molar refractivity (Wildman–Crippen MR) is 72.5 cm³/mol. The zero-order chi connectivity index (χ0) is 13.7. The van der Waals surface area contributed by atoms with E-state index in [9.17, 15) is 9.59 Å². The van der Waals surface area contributed by atoms with Crippen LogP contribution < -0.4 is 0 Å². The van der Waals surface area contributed by atoms with Gasteiger partial charge in [0.25, 0.3) is 0 Å². The first-order chi connectivity index (χ1) is 9.26. The fourth-order valence-corrected chi connectivity index (χ4v) is 1.84. The van der Waals surface area contributed by atoms with Crippen LogP contribution in [0.25, 0.3) is 11.1 Å². The summed E-state index contributed by atoms with van der Waals surface area (Å²) < 4.78 is 0. The maximum atomic E-state index is 10.4. The summed E-state index contributed by atoms with van der Waals surface area (Å²) in [6.07, 6.45) is 2.96. The van der Waals surface area contributed by atoms with E-state index in [1.807, 2.05) is 6.07 Å². The molecule has 2 aromatic rings. The van der Waals surface area contributed by atoms with Crippen molar-refractivity contribution in [2.45, 2.75) is 0 Å². The number of carbonyl (C=O) groups excluding carboxylic acids is 2. The number of hydrogen-bond acceptors (Lipinski definition) is 4. The molecular formula is C14H7ClN2O2. The van der Waals surface area contributed by atoms with Gasteiger partial charge in [-0.3, -0.25) is 0 Å². The van der Waals surface area contributed by atoms with Gasteiger partial charge in [-0.1, -0.05) is 35.9 Å². The molecule has 4 nitrogen and oxygen atoms in total. The Kier molecular flexibility index (Phi) is 4.01. The van der Waals surface area contributed by atoms with Crippen molar-refractivity contribution in [2.75, 3.05) is 0 Å². The fraction of sp³-hybridized carbons (Fsp3) is 0. The van der Waals surface area contributed by atoms with Gasteiger partial charge in [0.2, 0.25) is 12.2 Å². The lowest BCUT2D eigenvalue weighted by Crippen LogP contribution is -1.79. The smallest absolute Gasteiger partial charge is 0.211 e. The monoisotopic (exact) mass is 270 g/mol. The summed E-state index contributed by atoms with van der Waals surface area (Å²) in [5.41, 5.74) is 2.28. The van der Waals surface area contributed by atoms with Crippen LogP contribution in [0.5, 0.6) is 0 Å². The van der Waals surface area contributed by atoms with Gasteiger partial charge in [0.15, 0.2) is 0 Å². The van der Waals surface area contributed by atoms with E-state index in [2.05, 4.69) is 9.98 Å². The molecule has 5 heteroatoms. The quantitative estimate of drug-likeness (QED) is 0.626. The van der Waals surface area contributed by atoms with Crippen LogP contribution in [0.1, 0.15) is 0 Å². The van der Waals surface area contributed by atoms with Crippen LogP contribution in [0.15, 0.2) is 52.4 Å². The van der Waals surface area contributed by atoms with Gasteiger partial charge in [-0.25, -0.2) is 9.59 Å². The van der Waals surface area contributed by atoms with E-state index in [0.717, 1.165) is 11.1 Å². The molecule has 92 valence electrons. The van der Waals surface area contributed by atoms with Crippen molar-refractivity contribution in [3.05, 3.63) is 47.5 Å². The molecule has 0 amide bonds. The van der Waals surface area contributed by atoms with E-state index in [1.54, 1.807) is 36.4 Å². The Morgan fingerprint density at radius 3 is 2.32 bits per heavy atom. The Morgan fingerprint density at radius 2 is 1.58 bits per heavy atom. The molecule has 0 radical (unpaired) electrons. The summed E-state index contributed by atoms with van der Waals surface area (Å²) in [6, 6.07) is 12.1. The minimum absolute atomic E-state index is 0.319. The third kappa shape index (κ3) is 2.84. The molecule has 0 saturated carbocycles. The lowest BCUT2D eigenvalue weighted by Gasteiger charge is -2.06. The molecule has 0 spiro atoms. The van der Waals surface area contributed by atoms with Crippen molar-refractivity contribution in [3.63, 3.8) is 0 Å². The van der Waals surface area contributed by atoms with E-state index >= 15 is 0 Å². The highest BCUT2D eigenvalue weighted by atomic mass is 35.5. The average molecular weight is 271 g/mol. The molecule has 0 aliphatic rings. The number of isocyanates is 2. The Hall–Kier alpha value is -2.51. The van der Waals surface area contributed by atoms with E-state index < -0.39 is 0 Å². The Bertz CT molecular complexity index is 715. The maximum absolute atomic E-state index is 10.4. The molecule has 0 fully saturated rings. The SMILES string of the molecule is O=C=Nc1cc(-c2ccccc2N=C=O)ccc1Cl. The number of para-hydroxylation sites is 1. The lowest BCUT2D eigenvalue weighted by molar-refractivity contribution is 0.564. The number of aliphatic imine (C=N–C) groups is 2. The lowest BCUT2D eigenvalue weighted by atomic mass is 10.0. The third-order valence-corrected chi connectivity index (χ3v) is 2.81. The van der Waals surface area contributed by atoms with Gasteiger partial charge >= 0.3 is 0 Å². The zero-order valence-corrected chi connectivity index (χ0v) is 10.4. The average Bonchev–Trinajstić information content (AvgIpc) is 2.43. The molecule has 0 unspecified atom stereocenters. The van der Waals surface area contributed by atoms with Crippen LogP contribution in [0, 0.1) is 0 Å². The first kappa shape index (κ1) is 12.9. The van der Waals surface area contributed by atoms with Crippen LogP contribution in [0.2, 0.25) is 5.02 Å². The predicted octanol–water partition coefficient (Wildman–Crippen LogP) is 3.94. The van der Waals surface area contributed by atoms with Crippen LogP contribution in [-0.2, 0) is 9.59 Å². The summed E-state index contributed by atoms with van der Waals surface area (Å²) in [7, 11) is 0. The minimum Gasteiger partial charge on any atom is -0.211 e. The van der Waals surface area contributed by atoms with E-state index in [4.69, 9.17) is 11.6 Å². The van der Waals surface area contributed by atoms with Gasteiger partial charge in [0.1, 0.15) is 0 Å². The van der Waals surface area contributed by atoms with Crippen LogP contribution in [-0.4, -0.2) is 12.2 Å². The maximum Gasteiger partial charge on any atom is 0.240 e. The Morgan fingerprint density at radius 1 is 0.895 bits per heavy atom. The Labute approximate surface area is 114 Å². The number of benzene rings is 2. The Balaban J connectivity index is 2.62. The first-order valence-electron chi connectivity index (χ1n) is 5.31. The van der Waals surface area contributed by atoms with Crippen LogP contribution in [0.3, 0.4) is 0 Å². The molecule has 2 aromatic carbocycles. The third-order valence-electron chi connectivity index (χ3n) is 2.49. The number of halogens is 1. The normalized spacial score (nSPS) is 9.32. The van der Waals surface area contributed by atoms with E-state index in [-0.39, 0.29) is 0 Å². The van der Waals surface area contributed by atoms with Gasteiger partial charge in [-0.15, -0.1) is 0 Å². The number of rotatable bonds is 3. The molecule has 0 N–H and O–H groups in total. The van der Waals surface area contributed by atoms with Gasteiger partial charge in [0, 0.05) is 5.56 Å². The first-order valence-corrected chi connectivity index (χ1v) is 5.69. The van der Waals surface area contributed by atoms with E-state index in [1.165, 1.54) is 12.2 Å². The highest BCUT2D eigenvalue weighted by molar-refractivity contribution is 6.33. The second kappa shape index (κ2) is 5.89. The topological polar surface area (TPSA) is 58.9 Å². The molecule has 0 atom stereocenters. The zero-order valence-electron chi connectivity index (χ0n) is 9.63. The van der Waals surface area contributed by atoms with Crippen molar-refractivity contribution in [1.29, 1.82) is 0 Å². The molecule has 0 heterocycles. The summed E-state index contributed by atoms with van der Waals surface area (Å²) >= 11 is 5.90.